The summed E-state index contributed by atoms with van der Waals surface area (Å²) in [6, 6.07) is 8.55. The van der Waals surface area contributed by atoms with Crippen molar-refractivity contribution in [3.05, 3.63) is 29.8 Å². The summed E-state index contributed by atoms with van der Waals surface area (Å²) in [7, 11) is 1.69. The first kappa shape index (κ1) is 12.1. The van der Waals surface area contributed by atoms with Gasteiger partial charge in [0.15, 0.2) is 0 Å². The number of rotatable bonds is 3. The van der Waals surface area contributed by atoms with Gasteiger partial charge in [0.1, 0.15) is 5.75 Å². The molecule has 0 aliphatic rings. The van der Waals surface area contributed by atoms with Crippen molar-refractivity contribution in [1.29, 1.82) is 0 Å². The van der Waals surface area contributed by atoms with Gasteiger partial charge in [0, 0.05) is 11.6 Å². The van der Waals surface area contributed by atoms with Crippen LogP contribution in [-0.2, 0) is 0 Å². The van der Waals surface area contributed by atoms with Crippen LogP contribution < -0.4 is 10.1 Å². The molecule has 15 heavy (non-hydrogen) atoms. The molecule has 84 valence electrons. The lowest BCUT2D eigenvalue weighted by Gasteiger charge is -2.26. The molecule has 0 spiro atoms. The summed E-state index contributed by atoms with van der Waals surface area (Å²) in [6.45, 7) is 8.69. The van der Waals surface area contributed by atoms with Crippen LogP contribution >= 0.6 is 0 Å². The van der Waals surface area contributed by atoms with Gasteiger partial charge in [-0.25, -0.2) is 0 Å². The molecule has 0 aliphatic heterocycles. The van der Waals surface area contributed by atoms with E-state index in [1.165, 1.54) is 5.56 Å². The van der Waals surface area contributed by atoms with Crippen molar-refractivity contribution in [3.8, 4) is 5.75 Å². The topological polar surface area (TPSA) is 21.3 Å². The Morgan fingerprint density at radius 1 is 1.13 bits per heavy atom. The minimum absolute atomic E-state index is 0.138. The standard InChI is InChI=1S/C13H21NO/c1-10(14-13(2,3)4)11-6-8-12(15-5)9-7-11/h6-10,14H,1-5H3/t10-/m1/s1. The Bertz CT molecular complexity index is 297. The highest BCUT2D eigenvalue weighted by Crippen LogP contribution is 2.19. The Hall–Kier alpha value is -1.02. The Balaban J connectivity index is 2.70. The second-order valence-corrected chi connectivity index (χ2v) is 4.89. The predicted octanol–water partition coefficient (Wildman–Crippen LogP) is 3.14. The van der Waals surface area contributed by atoms with Gasteiger partial charge in [0.05, 0.1) is 7.11 Å². The molecule has 0 saturated heterocycles. The fourth-order valence-electron chi connectivity index (χ4n) is 1.63. The second-order valence-electron chi connectivity index (χ2n) is 4.89. The molecule has 0 aromatic heterocycles. The summed E-state index contributed by atoms with van der Waals surface area (Å²) in [4.78, 5) is 0. The zero-order valence-corrected chi connectivity index (χ0v) is 10.3. The average molecular weight is 207 g/mol. The molecule has 0 heterocycles. The van der Waals surface area contributed by atoms with Crippen LogP contribution in [0.5, 0.6) is 5.75 Å². The van der Waals surface area contributed by atoms with E-state index in [1.54, 1.807) is 7.11 Å². The SMILES string of the molecule is COc1ccc([C@@H](C)NC(C)(C)C)cc1. The van der Waals surface area contributed by atoms with Crippen molar-refractivity contribution in [3.63, 3.8) is 0 Å². The number of nitrogens with one attached hydrogen (secondary N) is 1. The van der Waals surface area contributed by atoms with Crippen LogP contribution in [-0.4, -0.2) is 12.6 Å². The van der Waals surface area contributed by atoms with Crippen molar-refractivity contribution in [1.82, 2.24) is 5.32 Å². The third kappa shape index (κ3) is 3.92. The molecule has 0 amide bonds. The Kier molecular flexibility index (Phi) is 3.75. The van der Waals surface area contributed by atoms with Crippen molar-refractivity contribution in [2.45, 2.75) is 39.3 Å². The maximum absolute atomic E-state index is 5.13. The molecule has 1 aromatic carbocycles. The molecular formula is C13H21NO. The van der Waals surface area contributed by atoms with E-state index in [1.807, 2.05) is 12.1 Å². The summed E-state index contributed by atoms with van der Waals surface area (Å²) in [5, 5.41) is 3.53. The molecule has 2 heteroatoms. The molecule has 0 unspecified atom stereocenters. The average Bonchev–Trinajstić information content (AvgIpc) is 2.15. The van der Waals surface area contributed by atoms with Gasteiger partial charge in [-0.1, -0.05) is 12.1 Å². The van der Waals surface area contributed by atoms with E-state index in [0.29, 0.717) is 6.04 Å². The lowest BCUT2D eigenvalue weighted by molar-refractivity contribution is 0.377. The zero-order valence-electron chi connectivity index (χ0n) is 10.3. The van der Waals surface area contributed by atoms with Crippen molar-refractivity contribution >= 4 is 0 Å². The van der Waals surface area contributed by atoms with E-state index >= 15 is 0 Å². The fourth-order valence-corrected chi connectivity index (χ4v) is 1.63. The van der Waals surface area contributed by atoms with Gasteiger partial charge in [-0.05, 0) is 45.4 Å². The van der Waals surface area contributed by atoms with Crippen LogP contribution in [0.4, 0.5) is 0 Å². The first-order chi connectivity index (χ1) is 6.92. The van der Waals surface area contributed by atoms with Gasteiger partial charge in [0.2, 0.25) is 0 Å². The Morgan fingerprint density at radius 3 is 2.07 bits per heavy atom. The first-order valence-corrected chi connectivity index (χ1v) is 5.34. The first-order valence-electron chi connectivity index (χ1n) is 5.34. The highest BCUT2D eigenvalue weighted by atomic mass is 16.5. The quantitative estimate of drug-likeness (QED) is 0.822. The minimum atomic E-state index is 0.138. The van der Waals surface area contributed by atoms with E-state index in [4.69, 9.17) is 4.74 Å². The maximum atomic E-state index is 5.13. The largest absolute Gasteiger partial charge is 0.497 e. The van der Waals surface area contributed by atoms with Gasteiger partial charge >= 0.3 is 0 Å². The minimum Gasteiger partial charge on any atom is -0.497 e. The molecule has 0 fully saturated rings. The summed E-state index contributed by atoms with van der Waals surface area (Å²) >= 11 is 0. The van der Waals surface area contributed by atoms with Gasteiger partial charge in [0.25, 0.3) is 0 Å². The zero-order chi connectivity index (χ0) is 11.5. The van der Waals surface area contributed by atoms with E-state index < -0.39 is 0 Å². The van der Waals surface area contributed by atoms with Crippen LogP contribution in [0.15, 0.2) is 24.3 Å². The molecule has 1 atom stereocenters. The summed E-state index contributed by atoms with van der Waals surface area (Å²) in [5.74, 6) is 0.904. The molecule has 2 nitrogen and oxygen atoms in total. The molecule has 0 aliphatic carbocycles. The number of methoxy groups -OCH3 is 1. The van der Waals surface area contributed by atoms with Crippen molar-refractivity contribution in [2.75, 3.05) is 7.11 Å². The number of ether oxygens (including phenoxy) is 1. The van der Waals surface area contributed by atoms with Crippen LogP contribution in [0, 0.1) is 0 Å². The van der Waals surface area contributed by atoms with Crippen LogP contribution in [0.3, 0.4) is 0 Å². The molecule has 0 saturated carbocycles. The third-order valence-electron chi connectivity index (χ3n) is 2.27. The third-order valence-corrected chi connectivity index (χ3v) is 2.27. The molecule has 1 N–H and O–H groups in total. The van der Waals surface area contributed by atoms with Gasteiger partial charge in [-0.15, -0.1) is 0 Å². The van der Waals surface area contributed by atoms with E-state index in [0.717, 1.165) is 5.75 Å². The van der Waals surface area contributed by atoms with Gasteiger partial charge in [-0.3, -0.25) is 0 Å². The fraction of sp³-hybridized carbons (Fsp3) is 0.538. The number of hydrogen-bond acceptors (Lipinski definition) is 2. The number of hydrogen-bond donors (Lipinski definition) is 1. The van der Waals surface area contributed by atoms with E-state index in [9.17, 15) is 0 Å². The molecule has 0 bridgehead atoms. The smallest absolute Gasteiger partial charge is 0.118 e. The lowest BCUT2D eigenvalue weighted by Crippen LogP contribution is -2.37. The summed E-state index contributed by atoms with van der Waals surface area (Å²) < 4.78 is 5.13. The Morgan fingerprint density at radius 2 is 1.67 bits per heavy atom. The van der Waals surface area contributed by atoms with E-state index in [-0.39, 0.29) is 5.54 Å². The molecule has 0 radical (unpaired) electrons. The van der Waals surface area contributed by atoms with Crippen molar-refractivity contribution in [2.24, 2.45) is 0 Å². The Labute approximate surface area is 92.6 Å². The molecule has 1 aromatic rings. The predicted molar refractivity (Wildman–Crippen MR) is 64.3 cm³/mol. The summed E-state index contributed by atoms with van der Waals surface area (Å²) in [5.41, 5.74) is 1.42. The number of benzene rings is 1. The van der Waals surface area contributed by atoms with Crippen LogP contribution in [0.25, 0.3) is 0 Å². The maximum Gasteiger partial charge on any atom is 0.118 e. The second kappa shape index (κ2) is 4.67. The van der Waals surface area contributed by atoms with Crippen molar-refractivity contribution < 1.29 is 4.74 Å². The van der Waals surface area contributed by atoms with Gasteiger partial charge in [-0.2, -0.15) is 0 Å². The highest BCUT2D eigenvalue weighted by Gasteiger charge is 2.14. The van der Waals surface area contributed by atoms with E-state index in [2.05, 4.69) is 45.1 Å². The highest BCUT2D eigenvalue weighted by molar-refractivity contribution is 5.28. The van der Waals surface area contributed by atoms with Crippen LogP contribution in [0.1, 0.15) is 39.3 Å². The molecular weight excluding hydrogens is 186 g/mol. The molecule has 1 rings (SSSR count). The van der Waals surface area contributed by atoms with Gasteiger partial charge < -0.3 is 10.1 Å². The lowest BCUT2D eigenvalue weighted by atomic mass is 10.0. The monoisotopic (exact) mass is 207 g/mol. The normalized spacial score (nSPS) is 13.7. The van der Waals surface area contributed by atoms with Crippen LogP contribution in [0.2, 0.25) is 0 Å². The summed E-state index contributed by atoms with van der Waals surface area (Å²) in [6.07, 6.45) is 0.